The number of hydrogen-bond donors (Lipinski definition) is 0. The third kappa shape index (κ3) is 1.68. The van der Waals surface area contributed by atoms with Gasteiger partial charge in [0.05, 0.1) is 17.2 Å². The molecule has 2 aromatic rings. The van der Waals surface area contributed by atoms with Crippen LogP contribution in [0.15, 0.2) is 42.5 Å². The minimum Gasteiger partial charge on any atom is -0.269 e. The SMILES string of the molecule is Cc1ccc2c(c1)[C@H](N1C(=O)c3ccccc3C1=O)[C@@H](C)C2. The van der Waals surface area contributed by atoms with Crippen LogP contribution in [0, 0.1) is 12.8 Å². The largest absolute Gasteiger partial charge is 0.269 e. The number of rotatable bonds is 1. The van der Waals surface area contributed by atoms with Gasteiger partial charge in [-0.1, -0.05) is 42.8 Å². The first kappa shape index (κ1) is 13.3. The fraction of sp³-hybridized carbons (Fsp3) is 0.263. The molecule has 110 valence electrons. The molecule has 1 aliphatic heterocycles. The zero-order valence-electron chi connectivity index (χ0n) is 12.7. The smallest absolute Gasteiger partial charge is 0.262 e. The van der Waals surface area contributed by atoms with Crippen LogP contribution >= 0.6 is 0 Å². The predicted octanol–water partition coefficient (Wildman–Crippen LogP) is 3.52. The molecule has 0 saturated carbocycles. The number of aryl methyl sites for hydroxylation is 1. The molecule has 0 spiro atoms. The molecule has 3 nitrogen and oxygen atoms in total. The molecule has 0 bridgehead atoms. The molecule has 1 aliphatic carbocycles. The fourth-order valence-electron chi connectivity index (χ4n) is 3.79. The number of carbonyl (C=O) groups is 2. The van der Waals surface area contributed by atoms with Crippen molar-refractivity contribution in [2.45, 2.75) is 26.3 Å². The zero-order chi connectivity index (χ0) is 15.4. The van der Waals surface area contributed by atoms with Crippen LogP contribution in [0.4, 0.5) is 0 Å². The Balaban J connectivity index is 1.83. The fourth-order valence-corrected chi connectivity index (χ4v) is 3.79. The van der Waals surface area contributed by atoms with Crippen LogP contribution in [-0.4, -0.2) is 16.7 Å². The summed E-state index contributed by atoms with van der Waals surface area (Å²) in [5, 5.41) is 0. The summed E-state index contributed by atoms with van der Waals surface area (Å²) in [4.78, 5) is 27.0. The van der Waals surface area contributed by atoms with Crippen LogP contribution in [-0.2, 0) is 6.42 Å². The van der Waals surface area contributed by atoms with Crippen molar-refractivity contribution >= 4 is 11.8 Å². The highest BCUT2D eigenvalue weighted by atomic mass is 16.2. The Hall–Kier alpha value is -2.42. The van der Waals surface area contributed by atoms with Gasteiger partial charge >= 0.3 is 0 Å². The summed E-state index contributed by atoms with van der Waals surface area (Å²) in [6.07, 6.45) is 0.910. The van der Waals surface area contributed by atoms with Crippen molar-refractivity contribution in [3.63, 3.8) is 0 Å². The highest BCUT2D eigenvalue weighted by Gasteiger charge is 2.45. The Kier molecular flexibility index (Phi) is 2.73. The van der Waals surface area contributed by atoms with E-state index in [9.17, 15) is 9.59 Å². The maximum Gasteiger partial charge on any atom is 0.262 e. The van der Waals surface area contributed by atoms with Crippen molar-refractivity contribution in [1.29, 1.82) is 0 Å². The van der Waals surface area contributed by atoms with E-state index in [1.165, 1.54) is 10.5 Å². The van der Waals surface area contributed by atoms with Crippen LogP contribution in [0.5, 0.6) is 0 Å². The van der Waals surface area contributed by atoms with E-state index >= 15 is 0 Å². The number of fused-ring (bicyclic) bond motifs is 2. The molecule has 0 radical (unpaired) electrons. The van der Waals surface area contributed by atoms with Crippen LogP contribution in [0.3, 0.4) is 0 Å². The Morgan fingerprint density at radius 1 is 1.00 bits per heavy atom. The summed E-state index contributed by atoms with van der Waals surface area (Å²) in [6, 6.07) is 13.3. The Morgan fingerprint density at radius 3 is 2.27 bits per heavy atom. The molecule has 2 atom stereocenters. The van der Waals surface area contributed by atoms with Crippen LogP contribution in [0.1, 0.15) is 50.4 Å². The second-order valence-electron chi connectivity index (χ2n) is 6.35. The molecule has 0 aromatic heterocycles. The molecule has 0 fully saturated rings. The van der Waals surface area contributed by atoms with Gasteiger partial charge in [0.25, 0.3) is 11.8 Å². The molecule has 2 amide bonds. The van der Waals surface area contributed by atoms with E-state index in [1.807, 2.05) is 19.1 Å². The molecule has 3 heteroatoms. The average molecular weight is 291 g/mol. The number of benzene rings is 2. The number of nitrogens with zero attached hydrogens (tertiary/aromatic N) is 1. The second kappa shape index (κ2) is 4.54. The lowest BCUT2D eigenvalue weighted by molar-refractivity contribution is 0.0544. The molecule has 2 aromatic carbocycles. The lowest BCUT2D eigenvalue weighted by atomic mass is 10.00. The van der Waals surface area contributed by atoms with Gasteiger partial charge in [0.1, 0.15) is 0 Å². The van der Waals surface area contributed by atoms with Crippen molar-refractivity contribution in [3.8, 4) is 0 Å². The van der Waals surface area contributed by atoms with Crippen LogP contribution in [0.2, 0.25) is 0 Å². The molecule has 1 heterocycles. The van der Waals surface area contributed by atoms with Gasteiger partial charge in [-0.2, -0.15) is 0 Å². The van der Waals surface area contributed by atoms with Crippen LogP contribution < -0.4 is 0 Å². The van der Waals surface area contributed by atoms with E-state index in [4.69, 9.17) is 0 Å². The number of amides is 2. The van der Waals surface area contributed by atoms with Gasteiger partial charge in [0.15, 0.2) is 0 Å². The summed E-state index contributed by atoms with van der Waals surface area (Å²) in [6.45, 7) is 4.16. The van der Waals surface area contributed by atoms with Gasteiger partial charge in [-0.25, -0.2) is 0 Å². The summed E-state index contributed by atoms with van der Waals surface area (Å²) >= 11 is 0. The van der Waals surface area contributed by atoms with Crippen molar-refractivity contribution in [2.75, 3.05) is 0 Å². The number of imide groups is 1. The first-order chi connectivity index (χ1) is 10.6. The lowest BCUT2D eigenvalue weighted by Crippen LogP contribution is -2.35. The Labute approximate surface area is 129 Å². The topological polar surface area (TPSA) is 37.4 Å². The molecule has 0 N–H and O–H groups in total. The van der Waals surface area contributed by atoms with Crippen molar-refractivity contribution in [3.05, 3.63) is 70.3 Å². The molecule has 4 rings (SSSR count). The monoisotopic (exact) mass is 291 g/mol. The highest BCUT2D eigenvalue weighted by Crippen LogP contribution is 2.43. The summed E-state index contributed by atoms with van der Waals surface area (Å²) < 4.78 is 0. The minimum absolute atomic E-state index is 0.151. The number of carbonyl (C=O) groups excluding carboxylic acids is 2. The third-order valence-corrected chi connectivity index (χ3v) is 4.80. The average Bonchev–Trinajstić information content (AvgIpc) is 2.95. The van der Waals surface area contributed by atoms with Gasteiger partial charge < -0.3 is 0 Å². The van der Waals surface area contributed by atoms with E-state index in [0.29, 0.717) is 11.1 Å². The molecule has 0 unspecified atom stereocenters. The number of hydrogen-bond acceptors (Lipinski definition) is 2. The third-order valence-electron chi connectivity index (χ3n) is 4.80. The van der Waals surface area contributed by atoms with E-state index in [2.05, 4.69) is 25.1 Å². The van der Waals surface area contributed by atoms with Gasteiger partial charge in [-0.05, 0) is 42.5 Å². The van der Waals surface area contributed by atoms with Crippen molar-refractivity contribution in [2.24, 2.45) is 5.92 Å². The molecule has 22 heavy (non-hydrogen) atoms. The minimum atomic E-state index is -0.160. The van der Waals surface area contributed by atoms with Gasteiger partial charge in [0, 0.05) is 0 Å². The molecular weight excluding hydrogens is 274 g/mol. The zero-order valence-corrected chi connectivity index (χ0v) is 12.7. The highest BCUT2D eigenvalue weighted by molar-refractivity contribution is 6.21. The van der Waals surface area contributed by atoms with Crippen LogP contribution in [0.25, 0.3) is 0 Å². The summed E-state index contributed by atoms with van der Waals surface area (Å²) in [7, 11) is 0. The van der Waals surface area contributed by atoms with Crippen molar-refractivity contribution in [1.82, 2.24) is 4.90 Å². The standard InChI is InChI=1S/C19H17NO2/c1-11-7-8-13-10-12(2)17(16(13)9-11)20-18(21)14-5-3-4-6-15(14)19(20)22/h3-9,12,17H,10H2,1-2H3/t12-,17+/m0/s1. The van der Waals surface area contributed by atoms with Crippen molar-refractivity contribution < 1.29 is 9.59 Å². The summed E-state index contributed by atoms with van der Waals surface area (Å²) in [5.74, 6) is -0.0716. The van der Waals surface area contributed by atoms with Gasteiger partial charge in [-0.3, -0.25) is 14.5 Å². The molecule has 0 saturated heterocycles. The van der Waals surface area contributed by atoms with E-state index in [1.54, 1.807) is 12.1 Å². The Bertz CT molecular complexity index is 774. The normalized spacial score (nSPS) is 22.9. The maximum atomic E-state index is 12.7. The van der Waals surface area contributed by atoms with E-state index in [0.717, 1.165) is 17.5 Å². The first-order valence-corrected chi connectivity index (χ1v) is 7.64. The maximum absolute atomic E-state index is 12.7. The first-order valence-electron chi connectivity index (χ1n) is 7.64. The quantitative estimate of drug-likeness (QED) is 0.754. The molecule has 2 aliphatic rings. The van der Waals surface area contributed by atoms with Gasteiger partial charge in [-0.15, -0.1) is 0 Å². The molecular formula is C19H17NO2. The second-order valence-corrected chi connectivity index (χ2v) is 6.35. The lowest BCUT2D eigenvalue weighted by Gasteiger charge is -2.27. The Morgan fingerprint density at radius 2 is 1.64 bits per heavy atom. The summed E-state index contributed by atoms with van der Waals surface area (Å²) in [5.41, 5.74) is 4.60. The predicted molar refractivity (Wildman–Crippen MR) is 83.7 cm³/mol. The van der Waals surface area contributed by atoms with E-state index in [-0.39, 0.29) is 23.8 Å². The van der Waals surface area contributed by atoms with Gasteiger partial charge in [0.2, 0.25) is 0 Å². The van der Waals surface area contributed by atoms with E-state index < -0.39 is 0 Å².